The van der Waals surface area contributed by atoms with Crippen molar-refractivity contribution in [2.75, 3.05) is 41.7 Å². The second kappa shape index (κ2) is 14.1. The molecule has 17 heteroatoms. The second-order valence-electron chi connectivity index (χ2n) is 13.3. The number of benzene rings is 1. The van der Waals surface area contributed by atoms with E-state index in [-0.39, 0.29) is 29.9 Å². The lowest BCUT2D eigenvalue weighted by molar-refractivity contribution is -0.136. The zero-order chi connectivity index (χ0) is 36.6. The molecule has 3 aliphatic heterocycles. The standard InChI is InChI=1S/C36H36N10O7/c1-19-12-21(6-8-38-19)34-41-26(18-52-34)32(49)40-25-14-28-30(43-31(25)45-11-7-23(47)17-45)44-36(53-28)39-10-9-37-15-20-2-3-24-22(13-20)16-46(35(24)51)27-4-5-29(48)42-33(27)50/h2-3,6,8,12-14,18,23,27,37,47H,4-5,7,9-11,15-17H2,1H3,(H,40,49)(H,39,43,44)(H,42,48,50)/t23-,27?/m1/s1. The third kappa shape index (κ3) is 7.03. The van der Waals surface area contributed by atoms with E-state index in [9.17, 15) is 24.3 Å². The molecule has 272 valence electrons. The number of carbonyl (C=O) groups excluding carboxylic acids is 4. The zero-order valence-corrected chi connectivity index (χ0v) is 28.7. The molecule has 5 aromatic rings. The van der Waals surface area contributed by atoms with Gasteiger partial charge >= 0.3 is 0 Å². The van der Waals surface area contributed by atoms with E-state index in [1.54, 1.807) is 24.4 Å². The third-order valence-electron chi connectivity index (χ3n) is 9.45. The smallest absolute Gasteiger partial charge is 0.297 e. The van der Waals surface area contributed by atoms with E-state index < -0.39 is 24.0 Å². The van der Waals surface area contributed by atoms with E-state index in [1.165, 1.54) is 11.2 Å². The van der Waals surface area contributed by atoms with Crippen LogP contribution in [0.4, 0.5) is 17.5 Å². The van der Waals surface area contributed by atoms with Gasteiger partial charge in [-0.25, -0.2) is 9.97 Å². The first kappa shape index (κ1) is 33.9. The first-order valence-corrected chi connectivity index (χ1v) is 17.3. The van der Waals surface area contributed by atoms with Crippen LogP contribution in [0.15, 0.2) is 57.7 Å². The monoisotopic (exact) mass is 720 g/mol. The Hall–Kier alpha value is -6.20. The summed E-state index contributed by atoms with van der Waals surface area (Å²) in [7, 11) is 0. The molecule has 5 N–H and O–H groups in total. The number of aliphatic hydroxyl groups excluding tert-OH is 1. The van der Waals surface area contributed by atoms with Crippen LogP contribution in [0.1, 0.15) is 56.9 Å². The maximum absolute atomic E-state index is 13.3. The Bertz CT molecular complexity index is 2250. The summed E-state index contributed by atoms with van der Waals surface area (Å²) in [6.45, 7) is 4.64. The highest BCUT2D eigenvalue weighted by Crippen LogP contribution is 2.33. The molecule has 1 unspecified atom stereocenters. The molecule has 0 aliphatic carbocycles. The number of aryl methyl sites for hydroxylation is 1. The number of fused-ring (bicyclic) bond motifs is 2. The minimum atomic E-state index is -0.650. The van der Waals surface area contributed by atoms with Crippen LogP contribution >= 0.6 is 0 Å². The third-order valence-corrected chi connectivity index (χ3v) is 9.45. The number of nitrogens with zero attached hydrogens (tertiary/aromatic N) is 6. The molecule has 53 heavy (non-hydrogen) atoms. The van der Waals surface area contributed by atoms with Gasteiger partial charge in [0.05, 0.1) is 11.8 Å². The van der Waals surface area contributed by atoms with E-state index in [0.29, 0.717) is 91.9 Å². The van der Waals surface area contributed by atoms with Crippen molar-refractivity contribution in [1.82, 2.24) is 35.5 Å². The zero-order valence-electron chi connectivity index (χ0n) is 28.7. The van der Waals surface area contributed by atoms with E-state index >= 15 is 0 Å². The number of oxazole rings is 2. The molecule has 0 saturated carbocycles. The van der Waals surface area contributed by atoms with E-state index in [4.69, 9.17) is 13.8 Å². The minimum Gasteiger partial charge on any atom is -0.444 e. The minimum absolute atomic E-state index is 0.0805. The van der Waals surface area contributed by atoms with Gasteiger partial charge in [-0.15, -0.1) is 0 Å². The maximum Gasteiger partial charge on any atom is 0.297 e. The molecular formula is C36H36N10O7. The van der Waals surface area contributed by atoms with Crippen molar-refractivity contribution in [2.45, 2.75) is 51.4 Å². The van der Waals surface area contributed by atoms with Crippen molar-refractivity contribution in [3.8, 4) is 11.5 Å². The number of pyridine rings is 2. The van der Waals surface area contributed by atoms with Crippen LogP contribution in [-0.2, 0) is 22.7 Å². The molecule has 8 rings (SSSR count). The molecule has 2 saturated heterocycles. The summed E-state index contributed by atoms with van der Waals surface area (Å²) in [5.74, 6) is -0.705. The number of carbonyl (C=O) groups is 4. The van der Waals surface area contributed by atoms with Crippen LogP contribution in [-0.4, -0.2) is 91.9 Å². The normalized spacial score (nSPS) is 18.5. The average Bonchev–Trinajstić information content (AvgIpc) is 3.94. The highest BCUT2D eigenvalue weighted by molar-refractivity contribution is 6.06. The van der Waals surface area contributed by atoms with Crippen LogP contribution in [0.5, 0.6) is 0 Å². The summed E-state index contributed by atoms with van der Waals surface area (Å²) in [4.78, 5) is 71.4. The molecule has 7 heterocycles. The predicted molar refractivity (Wildman–Crippen MR) is 190 cm³/mol. The predicted octanol–water partition coefficient (Wildman–Crippen LogP) is 2.37. The van der Waals surface area contributed by atoms with Gasteiger partial charge in [0.2, 0.25) is 23.4 Å². The number of piperidine rings is 1. The SMILES string of the molecule is Cc1cc(-c2nc(C(=O)Nc3cc4oc(NCCNCc5ccc6c(c5)CN(C5CCC(=O)NC5=O)C6=O)nc4nc3N3CC[C@@H](O)C3)co2)ccn1. The van der Waals surface area contributed by atoms with Crippen LogP contribution in [0, 0.1) is 6.92 Å². The van der Waals surface area contributed by atoms with Crippen molar-refractivity contribution in [3.63, 3.8) is 0 Å². The van der Waals surface area contributed by atoms with Crippen LogP contribution in [0.25, 0.3) is 22.7 Å². The number of aliphatic hydroxyl groups is 1. The van der Waals surface area contributed by atoms with Crippen LogP contribution in [0.3, 0.4) is 0 Å². The molecule has 17 nitrogen and oxygen atoms in total. The fraction of sp³-hybridized carbons (Fsp3) is 0.333. The van der Waals surface area contributed by atoms with Gasteiger partial charge in [-0.05, 0) is 49.1 Å². The molecule has 0 radical (unpaired) electrons. The largest absolute Gasteiger partial charge is 0.444 e. The van der Waals surface area contributed by atoms with Crippen LogP contribution < -0.4 is 26.2 Å². The summed E-state index contributed by atoms with van der Waals surface area (Å²) in [5.41, 5.74) is 5.04. The Balaban J connectivity index is 0.894. The number of nitrogens with one attached hydrogen (secondary N) is 4. The molecular weight excluding hydrogens is 684 g/mol. The first-order valence-electron chi connectivity index (χ1n) is 17.3. The molecule has 1 aromatic carbocycles. The van der Waals surface area contributed by atoms with E-state index in [2.05, 4.69) is 36.2 Å². The maximum atomic E-state index is 13.3. The molecule has 2 atom stereocenters. The Kier molecular flexibility index (Phi) is 9.01. The van der Waals surface area contributed by atoms with Crippen molar-refractivity contribution in [3.05, 3.63) is 76.9 Å². The van der Waals surface area contributed by atoms with Crippen molar-refractivity contribution >= 4 is 52.4 Å². The summed E-state index contributed by atoms with van der Waals surface area (Å²) < 4.78 is 11.5. The lowest BCUT2D eigenvalue weighted by atomic mass is 10.0. The topological polar surface area (TPSA) is 221 Å². The Morgan fingerprint density at radius 2 is 1.96 bits per heavy atom. The van der Waals surface area contributed by atoms with Crippen molar-refractivity contribution < 1.29 is 33.1 Å². The summed E-state index contributed by atoms with van der Waals surface area (Å²) in [5, 5.41) is 22.0. The Morgan fingerprint density at radius 3 is 2.77 bits per heavy atom. The van der Waals surface area contributed by atoms with E-state index in [1.807, 2.05) is 30.0 Å². The summed E-state index contributed by atoms with van der Waals surface area (Å²) in [6, 6.07) is 10.4. The molecule has 4 amide bonds. The van der Waals surface area contributed by atoms with Gasteiger partial charge in [-0.2, -0.15) is 4.98 Å². The fourth-order valence-electron chi connectivity index (χ4n) is 6.80. The Morgan fingerprint density at radius 1 is 1.08 bits per heavy atom. The van der Waals surface area contributed by atoms with Gasteiger partial charge in [0.25, 0.3) is 17.8 Å². The first-order chi connectivity index (χ1) is 25.7. The molecule has 2 fully saturated rings. The fourth-order valence-corrected chi connectivity index (χ4v) is 6.80. The van der Waals surface area contributed by atoms with Gasteiger partial charge < -0.3 is 39.7 Å². The highest BCUT2D eigenvalue weighted by atomic mass is 16.4. The molecule has 3 aliphatic rings. The Labute approximate surface area is 302 Å². The second-order valence-corrected chi connectivity index (χ2v) is 13.3. The van der Waals surface area contributed by atoms with Crippen LogP contribution in [0.2, 0.25) is 0 Å². The van der Waals surface area contributed by atoms with Gasteiger partial charge in [0.1, 0.15) is 12.3 Å². The van der Waals surface area contributed by atoms with Gasteiger partial charge in [-0.3, -0.25) is 29.5 Å². The number of imide groups is 1. The van der Waals surface area contributed by atoms with Crippen molar-refractivity contribution in [2.24, 2.45) is 0 Å². The quantitative estimate of drug-likeness (QED) is 0.0977. The van der Waals surface area contributed by atoms with Gasteiger partial charge in [-0.1, -0.05) is 12.1 Å². The molecule has 0 bridgehead atoms. The number of hydrogen-bond donors (Lipinski definition) is 5. The molecule has 0 spiro atoms. The highest BCUT2D eigenvalue weighted by Gasteiger charge is 2.39. The number of amides is 4. The number of β-amino-alcohol motifs (C(OH)–C–C–N with tert-alkyl or cyclic N) is 1. The number of hydrogen-bond acceptors (Lipinski definition) is 14. The summed E-state index contributed by atoms with van der Waals surface area (Å²) in [6.07, 6.45) is 3.51. The molecule has 4 aromatic heterocycles. The number of rotatable bonds is 11. The van der Waals surface area contributed by atoms with Gasteiger partial charge in [0, 0.05) is 74.8 Å². The lowest BCUT2D eigenvalue weighted by Gasteiger charge is -2.29. The number of aromatic nitrogens is 4. The van der Waals surface area contributed by atoms with Gasteiger partial charge in [0.15, 0.2) is 17.1 Å². The van der Waals surface area contributed by atoms with Crippen molar-refractivity contribution in [1.29, 1.82) is 0 Å². The summed E-state index contributed by atoms with van der Waals surface area (Å²) >= 11 is 0. The van der Waals surface area contributed by atoms with E-state index in [0.717, 1.165) is 16.8 Å². The average molecular weight is 721 g/mol. The lowest BCUT2D eigenvalue weighted by Crippen LogP contribution is -2.52. The number of anilines is 3.